The van der Waals surface area contributed by atoms with Crippen LogP contribution < -0.4 is 0 Å². The summed E-state index contributed by atoms with van der Waals surface area (Å²) in [6.45, 7) is 0. The van der Waals surface area contributed by atoms with Crippen molar-refractivity contribution in [3.8, 4) is 0 Å². The monoisotopic (exact) mass is 287 g/mol. The van der Waals surface area contributed by atoms with Crippen molar-refractivity contribution in [2.45, 2.75) is 10.1 Å². The van der Waals surface area contributed by atoms with E-state index < -0.39 is 15.3 Å². The van der Waals surface area contributed by atoms with Crippen LogP contribution in [0.5, 0.6) is 0 Å². The van der Waals surface area contributed by atoms with Crippen molar-refractivity contribution < 1.29 is 4.39 Å². The highest BCUT2D eigenvalue weighted by molar-refractivity contribution is 6.79. The van der Waals surface area contributed by atoms with E-state index in [9.17, 15) is 4.39 Å². The minimum Gasteiger partial charge on any atom is -0.247 e. The molecule has 1 rings (SSSR count). The first-order valence-corrected chi connectivity index (χ1v) is 5.48. The maximum atomic E-state index is 12.9. The second-order valence-corrected chi connectivity index (χ2v) is 4.67. The molecule has 0 aromatic heterocycles. The fourth-order valence-corrected chi connectivity index (χ4v) is 1.35. The molecule has 0 aliphatic rings. The van der Waals surface area contributed by atoms with Crippen LogP contribution in [-0.2, 0) is 0 Å². The van der Waals surface area contributed by atoms with E-state index in [1.807, 2.05) is 6.07 Å². The number of benzene rings is 1. The van der Waals surface area contributed by atoms with E-state index >= 15 is 0 Å². The molecule has 0 bridgehead atoms. The van der Waals surface area contributed by atoms with Crippen molar-refractivity contribution in [3.63, 3.8) is 0 Å². The fraction of sp³-hybridized carbons (Fsp3) is 0.222. The van der Waals surface area contributed by atoms with Gasteiger partial charge in [0.05, 0.1) is 0 Å². The molecule has 0 heterocycles. The van der Waals surface area contributed by atoms with Crippen LogP contribution in [0.1, 0.15) is 11.1 Å². The lowest BCUT2D eigenvalue weighted by Crippen LogP contribution is -2.14. The molecule has 0 amide bonds. The van der Waals surface area contributed by atoms with Crippen molar-refractivity contribution in [2.24, 2.45) is 4.99 Å². The van der Waals surface area contributed by atoms with Crippen LogP contribution in [0, 0.1) is 0 Å². The molecule has 1 nitrogen and oxygen atoms in total. The molecule has 0 saturated heterocycles. The average molecular weight is 289 g/mol. The van der Waals surface area contributed by atoms with Crippen LogP contribution in [0.25, 0.3) is 0 Å². The van der Waals surface area contributed by atoms with Gasteiger partial charge in [-0.25, -0.2) is 4.99 Å². The highest BCUT2D eigenvalue weighted by Gasteiger charge is 2.29. The second kappa shape index (κ2) is 5.35. The minimum absolute atomic E-state index is 0.588. The first-order chi connectivity index (χ1) is 6.91. The van der Waals surface area contributed by atoms with E-state index in [0.29, 0.717) is 5.56 Å². The molecule has 0 aliphatic heterocycles. The van der Waals surface area contributed by atoms with Crippen molar-refractivity contribution in [2.75, 3.05) is 0 Å². The standard InChI is InChI=1S/C9H6Cl4FN/c10-7(6-4-2-1-3-5-6)15-8(11)9(12,13)14/h1-5,7H/b15-8-. The molecule has 0 radical (unpaired) electrons. The molecule has 0 saturated carbocycles. The summed E-state index contributed by atoms with van der Waals surface area (Å²) in [5.74, 6) is 0. The average Bonchev–Trinajstić information content (AvgIpc) is 2.17. The van der Waals surface area contributed by atoms with Crippen LogP contribution in [0.4, 0.5) is 4.39 Å². The Bertz CT molecular complexity index is 347. The Hall–Kier alpha value is -0.0200. The predicted octanol–water partition coefficient (Wildman–Crippen LogP) is 4.66. The number of nitrogens with zero attached hydrogens (tertiary/aromatic N) is 1. The lowest BCUT2D eigenvalue weighted by atomic mass is 10.2. The lowest BCUT2D eigenvalue weighted by molar-refractivity contribution is 0.489. The van der Waals surface area contributed by atoms with Gasteiger partial charge in [0.15, 0.2) is 5.17 Å². The van der Waals surface area contributed by atoms with Gasteiger partial charge >= 0.3 is 4.59 Å². The third-order valence-electron chi connectivity index (χ3n) is 1.54. The van der Waals surface area contributed by atoms with Crippen molar-refractivity contribution in [1.29, 1.82) is 0 Å². The summed E-state index contributed by atoms with van der Waals surface area (Å²) < 4.78 is 10.2. The molecule has 1 aromatic rings. The zero-order chi connectivity index (χ0) is 11.5. The van der Waals surface area contributed by atoms with Gasteiger partial charge in [-0.3, -0.25) is 0 Å². The van der Waals surface area contributed by atoms with Gasteiger partial charge in [-0.2, -0.15) is 4.39 Å². The zero-order valence-electron chi connectivity index (χ0n) is 7.30. The van der Waals surface area contributed by atoms with E-state index in [0.717, 1.165) is 0 Å². The largest absolute Gasteiger partial charge is 0.310 e. The number of rotatable bonds is 3. The Balaban J connectivity index is 2.84. The Morgan fingerprint density at radius 1 is 1.27 bits per heavy atom. The van der Waals surface area contributed by atoms with Crippen molar-refractivity contribution in [1.82, 2.24) is 0 Å². The highest BCUT2D eigenvalue weighted by Crippen LogP contribution is 2.30. The van der Waals surface area contributed by atoms with E-state index in [4.69, 9.17) is 46.4 Å². The summed E-state index contributed by atoms with van der Waals surface area (Å²) in [6, 6.07) is 8.83. The van der Waals surface area contributed by atoms with Crippen molar-refractivity contribution >= 4 is 51.6 Å². The first kappa shape index (κ1) is 13.0. The lowest BCUT2D eigenvalue weighted by Gasteiger charge is -2.09. The number of hydrogen-bond acceptors (Lipinski definition) is 1. The molecule has 6 heteroatoms. The third kappa shape index (κ3) is 4.15. The molecule has 0 spiro atoms. The summed E-state index contributed by atoms with van der Waals surface area (Å²) in [4.78, 5) is 3.63. The van der Waals surface area contributed by atoms with Crippen LogP contribution in [-0.4, -0.2) is 9.76 Å². The molecule has 1 unspecified atom stereocenters. The number of hydrogen-bond donors (Lipinski definition) is 0. The molecule has 0 aliphatic carbocycles. The van der Waals surface area contributed by atoms with Gasteiger partial charge in [0.1, 0.15) is 5.50 Å². The first-order valence-electron chi connectivity index (χ1n) is 3.91. The van der Waals surface area contributed by atoms with Crippen LogP contribution in [0.3, 0.4) is 0 Å². The minimum atomic E-state index is -2.70. The molecular weight excluding hydrogens is 283 g/mol. The molecular formula is C9H6Cl4FN. The Labute approximate surface area is 107 Å². The van der Waals surface area contributed by atoms with Gasteiger partial charge in [-0.1, -0.05) is 76.7 Å². The molecule has 82 valence electrons. The van der Waals surface area contributed by atoms with Crippen molar-refractivity contribution in [3.05, 3.63) is 35.9 Å². The summed E-state index contributed by atoms with van der Waals surface area (Å²) >= 11 is 21.5. The maximum Gasteiger partial charge on any atom is 0.310 e. The fourth-order valence-electron chi connectivity index (χ4n) is 0.859. The molecule has 0 N–H and O–H groups in total. The number of halogens is 5. The van der Waals surface area contributed by atoms with Gasteiger partial charge in [0.25, 0.3) is 0 Å². The molecule has 1 atom stereocenters. The number of alkyl halides is 4. The molecule has 1 aromatic carbocycles. The van der Waals surface area contributed by atoms with Gasteiger partial charge in [0, 0.05) is 0 Å². The van der Waals surface area contributed by atoms with Gasteiger partial charge < -0.3 is 0 Å². The topological polar surface area (TPSA) is 12.4 Å². The van der Waals surface area contributed by atoms with E-state index in [1.165, 1.54) is 0 Å². The SMILES string of the molecule is FC(Cl)(Cl)/C(Cl)=N/C(Cl)c1ccccc1. The normalized spacial score (nSPS) is 15.1. The zero-order valence-corrected chi connectivity index (χ0v) is 10.3. The third-order valence-corrected chi connectivity index (χ3v) is 2.79. The van der Waals surface area contributed by atoms with Crippen LogP contribution in [0.15, 0.2) is 35.3 Å². The van der Waals surface area contributed by atoms with Gasteiger partial charge in [-0.05, 0) is 5.56 Å². The second-order valence-electron chi connectivity index (χ2n) is 2.66. The predicted molar refractivity (Wildman–Crippen MR) is 63.9 cm³/mol. The van der Waals surface area contributed by atoms with Gasteiger partial charge in [0.2, 0.25) is 0 Å². The summed E-state index contributed by atoms with van der Waals surface area (Å²) in [5.41, 5.74) is -0.138. The smallest absolute Gasteiger partial charge is 0.247 e. The Kier molecular flexibility index (Phi) is 4.65. The van der Waals surface area contributed by atoms with Crippen LogP contribution >= 0.6 is 46.4 Å². The van der Waals surface area contributed by atoms with Gasteiger partial charge in [-0.15, -0.1) is 0 Å². The highest BCUT2D eigenvalue weighted by atomic mass is 35.5. The van der Waals surface area contributed by atoms with Crippen LogP contribution in [0.2, 0.25) is 0 Å². The quantitative estimate of drug-likeness (QED) is 0.436. The summed E-state index contributed by atoms with van der Waals surface area (Å²) in [6.07, 6.45) is 0. The summed E-state index contributed by atoms with van der Waals surface area (Å²) in [5, 5.41) is -0.588. The number of aliphatic imine (C=N–C) groups is 1. The molecule has 15 heavy (non-hydrogen) atoms. The van der Waals surface area contributed by atoms with E-state index in [1.54, 1.807) is 24.3 Å². The Morgan fingerprint density at radius 2 is 1.80 bits per heavy atom. The Morgan fingerprint density at radius 3 is 2.27 bits per heavy atom. The molecule has 0 fully saturated rings. The summed E-state index contributed by atoms with van der Waals surface area (Å²) in [7, 11) is 0. The maximum absolute atomic E-state index is 12.9. The van der Waals surface area contributed by atoms with E-state index in [2.05, 4.69) is 4.99 Å². The van der Waals surface area contributed by atoms with E-state index in [-0.39, 0.29) is 0 Å².